The van der Waals surface area contributed by atoms with Crippen LogP contribution in [-0.2, 0) is 4.79 Å². The summed E-state index contributed by atoms with van der Waals surface area (Å²) in [5, 5.41) is 5.69. The molecule has 24 heavy (non-hydrogen) atoms. The summed E-state index contributed by atoms with van der Waals surface area (Å²) in [6.07, 6.45) is 3.32. The minimum absolute atomic E-state index is 0.0146. The number of nitrogens with zero attached hydrogens (tertiary/aromatic N) is 1. The molecule has 1 amide bonds. The molecule has 1 aromatic carbocycles. The zero-order valence-electron chi connectivity index (χ0n) is 14.3. The van der Waals surface area contributed by atoms with E-state index in [1.165, 1.54) is 17.8 Å². The summed E-state index contributed by atoms with van der Waals surface area (Å²) < 4.78 is 13.0. The van der Waals surface area contributed by atoms with Crippen LogP contribution in [0.2, 0.25) is 0 Å². The first kappa shape index (κ1) is 16.0. The summed E-state index contributed by atoms with van der Waals surface area (Å²) in [6, 6.07) is 5.97. The number of hydrogen-bond donors (Lipinski definition) is 1. The van der Waals surface area contributed by atoms with Gasteiger partial charge in [-0.25, -0.2) is 4.39 Å². The molecule has 128 valence electrons. The average Bonchev–Trinajstić information content (AvgIpc) is 2.79. The van der Waals surface area contributed by atoms with Gasteiger partial charge in [-0.1, -0.05) is 6.92 Å². The molecule has 3 aliphatic carbocycles. The Bertz CT molecular complexity index is 695. The smallest absolute Gasteiger partial charge is 0.227 e. The number of allylic oxidation sites excluding steroid dienone is 1. The van der Waals surface area contributed by atoms with Gasteiger partial charge in [-0.05, 0) is 68.2 Å². The second-order valence-electron chi connectivity index (χ2n) is 7.70. The van der Waals surface area contributed by atoms with Gasteiger partial charge in [0.1, 0.15) is 5.82 Å². The minimum Gasteiger partial charge on any atom is -0.357 e. The van der Waals surface area contributed by atoms with E-state index in [2.05, 4.69) is 29.5 Å². The Balaban J connectivity index is 1.39. The van der Waals surface area contributed by atoms with Crippen LogP contribution < -0.4 is 5.32 Å². The first-order valence-corrected chi connectivity index (χ1v) is 9.48. The summed E-state index contributed by atoms with van der Waals surface area (Å²) in [5.74, 6) is -0.256. The molecule has 5 rings (SSSR count). The summed E-state index contributed by atoms with van der Waals surface area (Å²) in [5.41, 5.74) is 2.47. The highest BCUT2D eigenvalue weighted by atomic mass is 32.2. The lowest BCUT2D eigenvalue weighted by Gasteiger charge is -2.76. The molecule has 2 unspecified atom stereocenters. The first-order valence-electron chi connectivity index (χ1n) is 8.53. The van der Waals surface area contributed by atoms with E-state index in [0.29, 0.717) is 11.1 Å². The number of rotatable bonds is 4. The normalized spacial score (nSPS) is 34.9. The van der Waals surface area contributed by atoms with Gasteiger partial charge >= 0.3 is 0 Å². The summed E-state index contributed by atoms with van der Waals surface area (Å²) in [6.45, 7) is 6.48. The van der Waals surface area contributed by atoms with Crippen molar-refractivity contribution in [3.8, 4) is 0 Å². The van der Waals surface area contributed by atoms with E-state index in [4.69, 9.17) is 0 Å². The highest BCUT2D eigenvalue weighted by Crippen LogP contribution is 2.74. The quantitative estimate of drug-likeness (QED) is 0.866. The molecule has 4 aliphatic rings. The van der Waals surface area contributed by atoms with Crippen molar-refractivity contribution in [3.63, 3.8) is 0 Å². The number of halogens is 1. The molecule has 3 nitrogen and oxygen atoms in total. The Morgan fingerprint density at radius 3 is 2.50 bits per heavy atom. The van der Waals surface area contributed by atoms with Crippen LogP contribution in [0.1, 0.15) is 40.0 Å². The number of benzene rings is 1. The third kappa shape index (κ3) is 2.20. The third-order valence-corrected chi connectivity index (χ3v) is 7.24. The highest BCUT2D eigenvalue weighted by molar-refractivity contribution is 8.02. The molecule has 2 atom stereocenters. The van der Waals surface area contributed by atoms with E-state index in [0.717, 1.165) is 19.3 Å². The molecular weight excluding hydrogens is 323 g/mol. The standard InChI is InChI=1S/C19H23FN2OS/c1-12-8-24-14(3)22(12)19-9-18(10-19,11-19)13(2)17(23)21-16-6-4-15(20)5-7-16/h4-8,13-14H,9-11H2,1-3H3,(H,21,23). The number of anilines is 1. The van der Waals surface area contributed by atoms with Crippen molar-refractivity contribution in [3.05, 3.63) is 41.2 Å². The molecular formula is C19H23FN2OS. The molecule has 0 aromatic heterocycles. The minimum atomic E-state index is -0.288. The van der Waals surface area contributed by atoms with Crippen LogP contribution in [0.4, 0.5) is 10.1 Å². The molecule has 0 radical (unpaired) electrons. The zero-order chi connectivity index (χ0) is 17.1. The van der Waals surface area contributed by atoms with Gasteiger partial charge in [-0.3, -0.25) is 4.79 Å². The largest absolute Gasteiger partial charge is 0.357 e. The van der Waals surface area contributed by atoms with Gasteiger partial charge in [0.15, 0.2) is 0 Å². The van der Waals surface area contributed by atoms with Gasteiger partial charge in [-0.15, -0.1) is 11.8 Å². The molecule has 1 N–H and O–H groups in total. The van der Waals surface area contributed by atoms with Crippen LogP contribution in [0.15, 0.2) is 35.4 Å². The first-order chi connectivity index (χ1) is 11.4. The molecule has 3 fully saturated rings. The molecule has 0 spiro atoms. The van der Waals surface area contributed by atoms with Gasteiger partial charge in [0.25, 0.3) is 0 Å². The third-order valence-electron chi connectivity index (χ3n) is 6.16. The van der Waals surface area contributed by atoms with Crippen molar-refractivity contribution in [2.45, 2.75) is 50.9 Å². The van der Waals surface area contributed by atoms with Crippen molar-refractivity contribution in [1.29, 1.82) is 0 Å². The van der Waals surface area contributed by atoms with Crippen LogP contribution >= 0.6 is 11.8 Å². The number of thioether (sulfide) groups is 1. The number of hydrogen-bond acceptors (Lipinski definition) is 3. The SMILES string of the molecule is CC1=CSC(C)N1C12CC(C(C)C(=O)Nc3ccc(F)cc3)(C1)C2. The van der Waals surface area contributed by atoms with Crippen molar-refractivity contribution in [2.75, 3.05) is 5.32 Å². The van der Waals surface area contributed by atoms with E-state index < -0.39 is 0 Å². The topological polar surface area (TPSA) is 32.3 Å². The van der Waals surface area contributed by atoms with Crippen molar-refractivity contribution in [1.82, 2.24) is 4.90 Å². The van der Waals surface area contributed by atoms with Gasteiger partial charge < -0.3 is 10.2 Å². The van der Waals surface area contributed by atoms with Crippen LogP contribution in [0.3, 0.4) is 0 Å². The Morgan fingerprint density at radius 1 is 1.33 bits per heavy atom. The van der Waals surface area contributed by atoms with Gasteiger partial charge in [0, 0.05) is 22.8 Å². The van der Waals surface area contributed by atoms with E-state index in [-0.39, 0.29) is 28.6 Å². The van der Waals surface area contributed by atoms with Crippen molar-refractivity contribution in [2.24, 2.45) is 11.3 Å². The fraction of sp³-hybridized carbons (Fsp3) is 0.526. The summed E-state index contributed by atoms with van der Waals surface area (Å²) in [4.78, 5) is 15.1. The van der Waals surface area contributed by atoms with E-state index in [1.807, 2.05) is 18.7 Å². The van der Waals surface area contributed by atoms with Crippen molar-refractivity contribution >= 4 is 23.4 Å². The van der Waals surface area contributed by atoms with Gasteiger partial charge in [0.2, 0.25) is 5.91 Å². The van der Waals surface area contributed by atoms with Crippen LogP contribution in [0.5, 0.6) is 0 Å². The molecule has 0 saturated heterocycles. The molecule has 5 heteroatoms. The Labute approximate surface area is 146 Å². The molecule has 3 saturated carbocycles. The zero-order valence-corrected chi connectivity index (χ0v) is 15.1. The fourth-order valence-electron chi connectivity index (χ4n) is 4.95. The fourth-order valence-corrected chi connectivity index (χ4v) is 5.97. The van der Waals surface area contributed by atoms with Crippen LogP contribution in [0, 0.1) is 17.2 Å². The monoisotopic (exact) mass is 346 g/mol. The molecule has 1 aliphatic heterocycles. The Morgan fingerprint density at radius 2 is 1.96 bits per heavy atom. The second kappa shape index (κ2) is 5.25. The maximum atomic E-state index is 13.0. The van der Waals surface area contributed by atoms with E-state index >= 15 is 0 Å². The number of carbonyl (C=O) groups excluding carboxylic acids is 1. The molecule has 2 bridgehead atoms. The van der Waals surface area contributed by atoms with Crippen LogP contribution in [0.25, 0.3) is 0 Å². The predicted octanol–water partition coefficient (Wildman–Crippen LogP) is 4.58. The average molecular weight is 346 g/mol. The Kier molecular flexibility index (Phi) is 3.50. The number of carbonyl (C=O) groups is 1. The molecule has 1 heterocycles. The lowest BCUT2D eigenvalue weighted by Crippen LogP contribution is -2.77. The second-order valence-corrected chi connectivity index (χ2v) is 8.89. The summed E-state index contributed by atoms with van der Waals surface area (Å²) >= 11 is 1.88. The number of nitrogens with one attached hydrogen (secondary N) is 1. The lowest BCUT2D eigenvalue weighted by atomic mass is 9.35. The van der Waals surface area contributed by atoms with E-state index in [9.17, 15) is 9.18 Å². The maximum Gasteiger partial charge on any atom is 0.227 e. The van der Waals surface area contributed by atoms with Crippen LogP contribution in [-0.4, -0.2) is 21.7 Å². The van der Waals surface area contributed by atoms with Gasteiger partial charge in [-0.2, -0.15) is 0 Å². The van der Waals surface area contributed by atoms with Gasteiger partial charge in [0.05, 0.1) is 5.37 Å². The molecule has 1 aromatic rings. The predicted molar refractivity (Wildman–Crippen MR) is 95.9 cm³/mol. The number of amides is 1. The maximum absolute atomic E-state index is 13.0. The van der Waals surface area contributed by atoms with Crippen molar-refractivity contribution < 1.29 is 9.18 Å². The highest BCUT2D eigenvalue weighted by Gasteiger charge is 2.73. The Hall–Kier alpha value is -1.49. The summed E-state index contributed by atoms with van der Waals surface area (Å²) in [7, 11) is 0. The van der Waals surface area contributed by atoms with E-state index in [1.54, 1.807) is 12.1 Å². The lowest BCUT2D eigenvalue weighted by molar-refractivity contribution is -0.232.